The second-order valence-corrected chi connectivity index (χ2v) is 6.19. The molecule has 0 bridgehead atoms. The van der Waals surface area contributed by atoms with Gasteiger partial charge in [-0.25, -0.2) is 19.0 Å². The van der Waals surface area contributed by atoms with Gasteiger partial charge >= 0.3 is 0 Å². The third-order valence-electron chi connectivity index (χ3n) is 4.48. The second-order valence-electron chi connectivity index (χ2n) is 6.19. The van der Waals surface area contributed by atoms with Crippen molar-refractivity contribution in [1.29, 1.82) is 0 Å². The number of rotatable bonds is 4. The van der Waals surface area contributed by atoms with Crippen LogP contribution in [-0.4, -0.2) is 68.6 Å². The lowest BCUT2D eigenvalue weighted by Crippen LogP contribution is -2.50. The number of aryl methyl sites for hydroxylation is 1. The van der Waals surface area contributed by atoms with E-state index < -0.39 is 0 Å². The fourth-order valence-electron chi connectivity index (χ4n) is 3.01. The number of hydrogen-bond donors (Lipinski definition) is 0. The van der Waals surface area contributed by atoms with Crippen LogP contribution in [-0.2, 0) is 11.8 Å². The molecule has 9 nitrogen and oxygen atoms in total. The number of carbonyl (C=O) groups is 1. The van der Waals surface area contributed by atoms with Crippen LogP contribution in [0.3, 0.4) is 0 Å². The number of ether oxygens (including phenoxy) is 1. The molecule has 0 aliphatic carbocycles. The summed E-state index contributed by atoms with van der Waals surface area (Å²) >= 11 is 0. The molecule has 1 aromatic carbocycles. The van der Waals surface area contributed by atoms with Crippen LogP contribution in [0.1, 0.15) is 0 Å². The molecule has 0 radical (unpaired) electrons. The van der Waals surface area contributed by atoms with Crippen LogP contribution in [0.4, 0.5) is 10.2 Å². The Labute approximate surface area is 154 Å². The highest BCUT2D eigenvalue weighted by atomic mass is 19.1. The van der Waals surface area contributed by atoms with Crippen molar-refractivity contribution in [3.63, 3.8) is 0 Å². The molecule has 1 aliphatic heterocycles. The van der Waals surface area contributed by atoms with Crippen LogP contribution in [0.5, 0.6) is 5.75 Å². The number of anilines is 1. The minimum absolute atomic E-state index is 0.0758. The Balaban J connectivity index is 1.35. The smallest absolute Gasteiger partial charge is 0.260 e. The topological polar surface area (TPSA) is 89.3 Å². The summed E-state index contributed by atoms with van der Waals surface area (Å²) in [7, 11) is 1.78. The van der Waals surface area contributed by atoms with Gasteiger partial charge in [-0.2, -0.15) is 0 Å². The molecule has 1 amide bonds. The minimum atomic E-state index is -0.341. The van der Waals surface area contributed by atoms with E-state index in [2.05, 4.69) is 25.2 Å². The van der Waals surface area contributed by atoms with Gasteiger partial charge < -0.3 is 14.5 Å². The van der Waals surface area contributed by atoms with E-state index in [0.717, 1.165) is 5.82 Å². The molecule has 0 saturated carbocycles. The zero-order chi connectivity index (χ0) is 18.8. The number of piperazine rings is 1. The predicted molar refractivity (Wildman–Crippen MR) is 94.8 cm³/mol. The molecule has 1 aliphatic rings. The van der Waals surface area contributed by atoms with Crippen LogP contribution in [0, 0.1) is 5.82 Å². The lowest BCUT2D eigenvalue weighted by Gasteiger charge is -2.35. The molecule has 10 heteroatoms. The van der Waals surface area contributed by atoms with E-state index in [-0.39, 0.29) is 18.3 Å². The number of amides is 1. The summed E-state index contributed by atoms with van der Waals surface area (Å²) < 4.78 is 19.9. The van der Waals surface area contributed by atoms with Gasteiger partial charge in [0.2, 0.25) is 0 Å². The molecule has 27 heavy (non-hydrogen) atoms. The molecular formula is C17H18FN7O2. The van der Waals surface area contributed by atoms with Gasteiger partial charge in [0.05, 0.1) is 0 Å². The lowest BCUT2D eigenvalue weighted by atomic mass is 10.3. The van der Waals surface area contributed by atoms with Crippen molar-refractivity contribution in [2.45, 2.75) is 0 Å². The van der Waals surface area contributed by atoms with Crippen molar-refractivity contribution in [3.05, 3.63) is 36.4 Å². The Hall–Kier alpha value is -3.30. The van der Waals surface area contributed by atoms with Crippen LogP contribution in [0.25, 0.3) is 11.2 Å². The van der Waals surface area contributed by atoms with E-state index in [9.17, 15) is 9.18 Å². The molecule has 1 fully saturated rings. The Morgan fingerprint density at radius 3 is 2.63 bits per heavy atom. The first-order chi connectivity index (χ1) is 13.1. The zero-order valence-electron chi connectivity index (χ0n) is 14.7. The molecule has 0 N–H and O–H groups in total. The maximum atomic E-state index is 12.9. The summed E-state index contributed by atoms with van der Waals surface area (Å²) in [6, 6.07) is 5.60. The van der Waals surface area contributed by atoms with Gasteiger partial charge in [-0.15, -0.1) is 5.10 Å². The molecule has 2 aromatic heterocycles. The van der Waals surface area contributed by atoms with Crippen molar-refractivity contribution < 1.29 is 13.9 Å². The molecule has 0 unspecified atom stereocenters. The number of halogens is 1. The molecule has 0 spiro atoms. The van der Waals surface area contributed by atoms with Crippen LogP contribution in [0.15, 0.2) is 30.6 Å². The van der Waals surface area contributed by atoms with Gasteiger partial charge in [0.15, 0.2) is 23.6 Å². The Morgan fingerprint density at radius 2 is 1.89 bits per heavy atom. The first kappa shape index (κ1) is 17.1. The van der Waals surface area contributed by atoms with Crippen molar-refractivity contribution >= 4 is 22.9 Å². The van der Waals surface area contributed by atoms with E-state index in [4.69, 9.17) is 4.74 Å². The standard InChI is InChI=1S/C17H18FN7O2/c1-23-16-15(21-22-23)17(20-11-19-16)25-8-6-24(7-9-25)14(26)10-27-13-4-2-12(18)3-5-13/h2-5,11H,6-10H2,1H3. The van der Waals surface area contributed by atoms with Gasteiger partial charge in [-0.3, -0.25) is 4.79 Å². The van der Waals surface area contributed by atoms with Gasteiger partial charge in [0, 0.05) is 33.2 Å². The number of nitrogens with zero attached hydrogens (tertiary/aromatic N) is 7. The van der Waals surface area contributed by atoms with E-state index in [1.165, 1.54) is 30.6 Å². The number of fused-ring (bicyclic) bond motifs is 1. The zero-order valence-corrected chi connectivity index (χ0v) is 14.7. The third kappa shape index (κ3) is 3.50. The minimum Gasteiger partial charge on any atom is -0.484 e. The first-order valence-electron chi connectivity index (χ1n) is 8.53. The van der Waals surface area contributed by atoms with E-state index in [1.54, 1.807) is 16.6 Å². The molecule has 0 atom stereocenters. The Kier molecular flexibility index (Phi) is 4.53. The molecule has 3 aromatic rings. The maximum Gasteiger partial charge on any atom is 0.260 e. The van der Waals surface area contributed by atoms with Gasteiger partial charge in [0.25, 0.3) is 5.91 Å². The average molecular weight is 371 g/mol. The SMILES string of the molecule is Cn1nnc2c(N3CCN(C(=O)COc4ccc(F)cc4)CC3)ncnc21. The summed E-state index contributed by atoms with van der Waals surface area (Å²) in [6.45, 7) is 2.29. The highest BCUT2D eigenvalue weighted by Gasteiger charge is 2.24. The molecule has 1 saturated heterocycles. The summed E-state index contributed by atoms with van der Waals surface area (Å²) in [4.78, 5) is 24.7. The van der Waals surface area contributed by atoms with E-state index in [0.29, 0.717) is 43.1 Å². The van der Waals surface area contributed by atoms with E-state index >= 15 is 0 Å². The number of carbonyl (C=O) groups excluding carboxylic acids is 1. The Morgan fingerprint density at radius 1 is 1.15 bits per heavy atom. The van der Waals surface area contributed by atoms with Crippen molar-refractivity contribution in [3.8, 4) is 5.75 Å². The summed E-state index contributed by atoms with van der Waals surface area (Å²) in [5.41, 5.74) is 1.32. The summed E-state index contributed by atoms with van der Waals surface area (Å²) in [5, 5.41) is 8.12. The highest BCUT2D eigenvalue weighted by Crippen LogP contribution is 2.21. The van der Waals surface area contributed by atoms with Crippen molar-refractivity contribution in [2.24, 2.45) is 7.05 Å². The first-order valence-corrected chi connectivity index (χ1v) is 8.53. The summed E-state index contributed by atoms with van der Waals surface area (Å²) in [6.07, 6.45) is 1.50. The molecule has 140 valence electrons. The van der Waals surface area contributed by atoms with E-state index in [1.807, 2.05) is 0 Å². The quantitative estimate of drug-likeness (QED) is 0.664. The summed E-state index contributed by atoms with van der Waals surface area (Å²) in [5.74, 6) is 0.746. The van der Waals surface area contributed by atoms with Gasteiger partial charge in [0.1, 0.15) is 17.9 Å². The average Bonchev–Trinajstić information content (AvgIpc) is 3.09. The normalized spacial score (nSPS) is 14.6. The third-order valence-corrected chi connectivity index (χ3v) is 4.48. The lowest BCUT2D eigenvalue weighted by molar-refractivity contribution is -0.133. The van der Waals surface area contributed by atoms with Gasteiger partial charge in [-0.1, -0.05) is 5.21 Å². The molecule has 4 rings (SSSR count). The fraction of sp³-hybridized carbons (Fsp3) is 0.353. The number of aromatic nitrogens is 5. The monoisotopic (exact) mass is 371 g/mol. The van der Waals surface area contributed by atoms with Crippen LogP contribution < -0.4 is 9.64 Å². The maximum absolute atomic E-state index is 12.9. The van der Waals surface area contributed by atoms with Gasteiger partial charge in [-0.05, 0) is 24.3 Å². The Bertz CT molecular complexity index is 952. The predicted octanol–water partition coefficient (Wildman–Crippen LogP) is 0.625. The molecule has 3 heterocycles. The number of benzene rings is 1. The van der Waals surface area contributed by atoms with Crippen LogP contribution in [0.2, 0.25) is 0 Å². The number of hydrogen-bond acceptors (Lipinski definition) is 7. The fourth-order valence-corrected chi connectivity index (χ4v) is 3.01. The van der Waals surface area contributed by atoms with Crippen LogP contribution >= 0.6 is 0 Å². The highest BCUT2D eigenvalue weighted by molar-refractivity contribution is 5.83. The largest absolute Gasteiger partial charge is 0.484 e. The van der Waals surface area contributed by atoms with Crippen molar-refractivity contribution in [2.75, 3.05) is 37.7 Å². The second kappa shape index (κ2) is 7.14. The van der Waals surface area contributed by atoms with Crippen molar-refractivity contribution in [1.82, 2.24) is 29.9 Å². The molecular weight excluding hydrogens is 353 g/mol.